The van der Waals surface area contributed by atoms with Gasteiger partial charge in [0.25, 0.3) is 11.0 Å². The molecule has 2 heterocycles. The van der Waals surface area contributed by atoms with Crippen molar-refractivity contribution in [2.45, 2.75) is 55.9 Å². The van der Waals surface area contributed by atoms with E-state index in [0.29, 0.717) is 0 Å². The van der Waals surface area contributed by atoms with Crippen LogP contribution in [0.4, 0.5) is 4.39 Å². The van der Waals surface area contributed by atoms with Crippen molar-refractivity contribution in [3.05, 3.63) is 0 Å². The number of amides is 1. The maximum Gasteiger partial charge on any atom is 0.333 e. The molecule has 2 aliphatic rings. The van der Waals surface area contributed by atoms with Crippen LogP contribution in [0.5, 0.6) is 0 Å². The highest BCUT2D eigenvalue weighted by molar-refractivity contribution is 8.01. The van der Waals surface area contributed by atoms with Crippen molar-refractivity contribution in [2.24, 2.45) is 5.41 Å². The molecule has 2 aliphatic heterocycles. The third-order valence-corrected chi connectivity index (χ3v) is 5.77. The first kappa shape index (κ1) is 18.3. The minimum atomic E-state index is -2.49. The van der Waals surface area contributed by atoms with Crippen LogP contribution >= 0.6 is 23.4 Å². The van der Waals surface area contributed by atoms with Crippen molar-refractivity contribution in [3.63, 3.8) is 0 Å². The Balaban J connectivity index is 2.00. The monoisotopic (exact) mass is 367 g/mol. The van der Waals surface area contributed by atoms with Gasteiger partial charge in [-0.15, -0.1) is 11.8 Å². The zero-order valence-corrected chi connectivity index (χ0v) is 15.1. The minimum Gasteiger partial charge on any atom is -0.427 e. The number of esters is 2. The average Bonchev–Trinajstić information content (AvgIpc) is 2.67. The van der Waals surface area contributed by atoms with Crippen LogP contribution in [0.3, 0.4) is 0 Å². The second kappa shape index (κ2) is 5.51. The van der Waals surface area contributed by atoms with Gasteiger partial charge in [-0.25, -0.2) is 9.18 Å². The molecule has 23 heavy (non-hydrogen) atoms. The number of halogens is 2. The topological polar surface area (TPSA) is 72.9 Å². The third kappa shape index (κ3) is 3.03. The highest BCUT2D eigenvalue weighted by Gasteiger charge is 2.72. The lowest BCUT2D eigenvalue weighted by Gasteiger charge is -2.44. The molecule has 2 rings (SSSR count). The molecule has 0 spiro atoms. The number of carbonyl (C=O) groups is 3. The number of nitrogens with zero attached hydrogens (tertiary/aromatic N) is 1. The number of β-lactam (4-membered cyclic amide) rings is 1. The first-order valence-corrected chi connectivity index (χ1v) is 8.28. The summed E-state index contributed by atoms with van der Waals surface area (Å²) in [6.07, 6.45) is 0. The molecular weight excluding hydrogens is 349 g/mol. The van der Waals surface area contributed by atoms with E-state index in [1.54, 1.807) is 34.6 Å². The van der Waals surface area contributed by atoms with E-state index < -0.39 is 51.3 Å². The van der Waals surface area contributed by atoms with Crippen molar-refractivity contribution in [1.29, 1.82) is 0 Å². The molecule has 2 saturated heterocycles. The van der Waals surface area contributed by atoms with E-state index in [9.17, 15) is 18.8 Å². The van der Waals surface area contributed by atoms with Crippen LogP contribution in [0.1, 0.15) is 34.6 Å². The summed E-state index contributed by atoms with van der Waals surface area (Å²) in [5, 5.41) is -3.42. The molecule has 0 aromatic rings. The van der Waals surface area contributed by atoms with Gasteiger partial charge in [0.05, 0.1) is 5.41 Å². The van der Waals surface area contributed by atoms with Gasteiger partial charge in [-0.2, -0.15) is 0 Å². The molecule has 1 amide bonds. The van der Waals surface area contributed by atoms with Crippen LogP contribution in [0, 0.1) is 5.41 Å². The third-order valence-electron chi connectivity index (χ3n) is 3.66. The summed E-state index contributed by atoms with van der Waals surface area (Å²) in [5.74, 6) is -2.23. The smallest absolute Gasteiger partial charge is 0.333 e. The maximum absolute atomic E-state index is 14.0. The van der Waals surface area contributed by atoms with Gasteiger partial charge < -0.3 is 14.4 Å². The molecule has 0 N–H and O–H groups in total. The van der Waals surface area contributed by atoms with E-state index in [-0.39, 0.29) is 0 Å². The maximum atomic E-state index is 14.0. The predicted molar refractivity (Wildman–Crippen MR) is 82.3 cm³/mol. The van der Waals surface area contributed by atoms with Crippen molar-refractivity contribution < 1.29 is 28.2 Å². The molecule has 130 valence electrons. The Hall–Kier alpha value is -1.02. The standard InChI is InChI=1S/C14H19ClFNO5S/c1-12(2,3)11(20)22-6-21-8(18)7-13(4,5)23-10-14(15,16)9(19)17(7)10/h7,10H,6H2,1-5H3/t7-,10+,14-/m0/s1. The summed E-state index contributed by atoms with van der Waals surface area (Å²) in [6, 6.07) is -0.985. The molecule has 9 heteroatoms. The number of alkyl halides is 2. The van der Waals surface area contributed by atoms with Crippen LogP contribution in [-0.4, -0.2) is 50.8 Å². The Labute approximate surface area is 143 Å². The molecule has 0 radical (unpaired) electrons. The largest absolute Gasteiger partial charge is 0.427 e. The number of carbonyl (C=O) groups excluding carboxylic acids is 3. The van der Waals surface area contributed by atoms with Gasteiger partial charge in [0.1, 0.15) is 11.4 Å². The summed E-state index contributed by atoms with van der Waals surface area (Å²) in [4.78, 5) is 36.7. The summed E-state index contributed by atoms with van der Waals surface area (Å²) < 4.78 is 23.0. The van der Waals surface area contributed by atoms with Gasteiger partial charge >= 0.3 is 11.9 Å². The lowest BCUT2D eigenvalue weighted by atomic mass is 9.97. The lowest BCUT2D eigenvalue weighted by Crippen LogP contribution is -2.69. The van der Waals surface area contributed by atoms with Crippen molar-refractivity contribution in [1.82, 2.24) is 4.90 Å². The second-order valence-electron chi connectivity index (χ2n) is 7.07. The van der Waals surface area contributed by atoms with Gasteiger partial charge in [-0.1, -0.05) is 11.6 Å². The van der Waals surface area contributed by atoms with E-state index in [1.807, 2.05) is 0 Å². The summed E-state index contributed by atoms with van der Waals surface area (Å²) in [5.41, 5.74) is -0.722. The number of fused-ring (bicyclic) bond motifs is 1. The zero-order chi connectivity index (χ0) is 17.8. The normalized spacial score (nSPS) is 32.1. The van der Waals surface area contributed by atoms with E-state index in [0.717, 1.165) is 16.7 Å². The van der Waals surface area contributed by atoms with E-state index in [4.69, 9.17) is 21.1 Å². The van der Waals surface area contributed by atoms with Crippen LogP contribution in [-0.2, 0) is 23.9 Å². The minimum absolute atomic E-state index is 0.521. The van der Waals surface area contributed by atoms with E-state index >= 15 is 0 Å². The van der Waals surface area contributed by atoms with E-state index in [1.165, 1.54) is 0 Å². The van der Waals surface area contributed by atoms with Crippen molar-refractivity contribution >= 4 is 41.2 Å². The fourth-order valence-corrected chi connectivity index (χ4v) is 4.23. The van der Waals surface area contributed by atoms with Gasteiger partial charge in [-0.05, 0) is 34.6 Å². The molecular formula is C14H19ClFNO5S. The van der Waals surface area contributed by atoms with Gasteiger partial charge in [0, 0.05) is 4.75 Å². The SMILES string of the molecule is CC(C)(C)C(=O)OCOC(=O)[C@@H]1N2C(=O)[C@@](F)(Cl)[C@H]2SC1(C)C. The van der Waals surface area contributed by atoms with Crippen LogP contribution in [0.2, 0.25) is 0 Å². The van der Waals surface area contributed by atoms with Crippen LogP contribution in [0.15, 0.2) is 0 Å². The van der Waals surface area contributed by atoms with Crippen LogP contribution in [0.25, 0.3) is 0 Å². The van der Waals surface area contributed by atoms with Crippen molar-refractivity contribution in [2.75, 3.05) is 6.79 Å². The molecule has 0 bridgehead atoms. The molecule has 0 aliphatic carbocycles. The molecule has 6 nitrogen and oxygen atoms in total. The first-order valence-electron chi connectivity index (χ1n) is 7.02. The van der Waals surface area contributed by atoms with Crippen molar-refractivity contribution in [3.8, 4) is 0 Å². The Bertz CT molecular complexity index is 560. The Morgan fingerprint density at radius 2 is 1.91 bits per heavy atom. The van der Waals surface area contributed by atoms with Gasteiger partial charge in [-0.3, -0.25) is 9.59 Å². The number of hydrogen-bond acceptors (Lipinski definition) is 6. The number of thioether (sulfide) groups is 1. The zero-order valence-electron chi connectivity index (χ0n) is 13.5. The first-order chi connectivity index (χ1) is 10.3. The van der Waals surface area contributed by atoms with Gasteiger partial charge in [0.15, 0.2) is 0 Å². The highest BCUT2D eigenvalue weighted by atomic mass is 35.5. The fourth-order valence-electron chi connectivity index (χ4n) is 2.40. The highest BCUT2D eigenvalue weighted by Crippen LogP contribution is 2.57. The summed E-state index contributed by atoms with van der Waals surface area (Å²) in [7, 11) is 0. The molecule has 2 fully saturated rings. The molecule has 0 unspecified atom stereocenters. The lowest BCUT2D eigenvalue weighted by molar-refractivity contribution is -0.182. The number of hydrogen-bond donors (Lipinski definition) is 0. The van der Waals surface area contributed by atoms with E-state index in [2.05, 4.69) is 0 Å². The summed E-state index contributed by atoms with van der Waals surface area (Å²) >= 11 is 6.65. The second-order valence-corrected chi connectivity index (χ2v) is 9.36. The quantitative estimate of drug-likeness (QED) is 0.329. The molecule has 3 atom stereocenters. The van der Waals surface area contributed by atoms with Gasteiger partial charge in [0.2, 0.25) is 6.79 Å². The Morgan fingerprint density at radius 3 is 2.43 bits per heavy atom. The molecule has 0 aromatic carbocycles. The Morgan fingerprint density at radius 1 is 1.35 bits per heavy atom. The fraction of sp³-hybridized carbons (Fsp3) is 0.786. The molecule has 0 saturated carbocycles. The Kier molecular flexibility index (Phi) is 4.39. The van der Waals surface area contributed by atoms with Crippen LogP contribution < -0.4 is 0 Å². The summed E-state index contributed by atoms with van der Waals surface area (Å²) in [6.45, 7) is 7.84. The number of rotatable bonds is 3. The molecule has 0 aromatic heterocycles. The predicted octanol–water partition coefficient (Wildman–Crippen LogP) is 2.04. The number of ether oxygens (including phenoxy) is 2. The average molecular weight is 368 g/mol.